The van der Waals surface area contributed by atoms with Crippen molar-refractivity contribution in [2.75, 3.05) is 18.5 Å². The molecule has 1 spiro atoms. The molecule has 0 aromatic heterocycles. The number of esters is 1. The number of aryl methyl sites for hydroxylation is 1. The van der Waals surface area contributed by atoms with Crippen LogP contribution >= 0.6 is 0 Å². The highest BCUT2D eigenvalue weighted by Gasteiger charge is 2.55. The second kappa shape index (κ2) is 9.08. The number of amides is 4. The van der Waals surface area contributed by atoms with E-state index < -0.39 is 36.6 Å². The molecule has 0 radical (unpaired) electrons. The van der Waals surface area contributed by atoms with Crippen molar-refractivity contribution in [2.45, 2.75) is 64.8 Å². The van der Waals surface area contributed by atoms with Gasteiger partial charge in [-0.05, 0) is 42.7 Å². The summed E-state index contributed by atoms with van der Waals surface area (Å²) in [5.41, 5.74) is 1.69. The first-order valence-corrected chi connectivity index (χ1v) is 10.8. The van der Waals surface area contributed by atoms with Gasteiger partial charge in [0.1, 0.15) is 12.1 Å². The number of benzene rings is 1. The van der Waals surface area contributed by atoms with Crippen molar-refractivity contribution in [3.05, 3.63) is 29.3 Å². The first-order chi connectivity index (χ1) is 14.7. The van der Waals surface area contributed by atoms with Crippen LogP contribution in [0.2, 0.25) is 0 Å². The van der Waals surface area contributed by atoms with Crippen LogP contribution in [-0.2, 0) is 19.1 Å². The Hall–Kier alpha value is -2.90. The molecule has 1 aromatic carbocycles. The molecule has 2 aliphatic rings. The minimum absolute atomic E-state index is 0.00811. The minimum Gasteiger partial charge on any atom is -0.454 e. The zero-order valence-corrected chi connectivity index (χ0v) is 18.6. The van der Waals surface area contributed by atoms with Crippen molar-refractivity contribution in [1.29, 1.82) is 0 Å². The Morgan fingerprint density at radius 1 is 1.29 bits per heavy atom. The Kier molecular flexibility index (Phi) is 6.67. The number of hydrogen-bond acceptors (Lipinski definition) is 5. The molecule has 0 unspecified atom stereocenters. The largest absolute Gasteiger partial charge is 0.454 e. The Morgan fingerprint density at radius 3 is 2.71 bits per heavy atom. The summed E-state index contributed by atoms with van der Waals surface area (Å²) in [6, 6.07) is 5.19. The van der Waals surface area contributed by atoms with Crippen LogP contribution in [0.4, 0.5) is 10.5 Å². The maximum atomic E-state index is 12.9. The third-order valence-electron chi connectivity index (χ3n) is 6.34. The zero-order chi connectivity index (χ0) is 22.8. The predicted molar refractivity (Wildman–Crippen MR) is 115 cm³/mol. The SMILES string of the molecule is Cc1cccc(C(C)C)c1NC(=O)COC(=O)CN1C(=O)N[C@@]2(CCCC[C@@H]2C)C1=O. The normalized spacial score (nSPS) is 23.3. The van der Waals surface area contributed by atoms with Gasteiger partial charge in [0.2, 0.25) is 0 Å². The van der Waals surface area contributed by atoms with Crippen LogP contribution in [0.1, 0.15) is 63.5 Å². The highest BCUT2D eigenvalue weighted by atomic mass is 16.5. The predicted octanol–water partition coefficient (Wildman–Crippen LogP) is 3.10. The van der Waals surface area contributed by atoms with E-state index in [1.807, 2.05) is 45.9 Å². The molecule has 168 valence electrons. The van der Waals surface area contributed by atoms with E-state index in [1.165, 1.54) is 0 Å². The fraction of sp³-hybridized carbons (Fsp3) is 0.565. The van der Waals surface area contributed by atoms with E-state index in [2.05, 4.69) is 10.6 Å². The van der Waals surface area contributed by atoms with Gasteiger partial charge in [0, 0.05) is 5.69 Å². The first-order valence-electron chi connectivity index (χ1n) is 10.8. The molecule has 2 atom stereocenters. The zero-order valence-electron chi connectivity index (χ0n) is 18.6. The minimum atomic E-state index is -0.926. The number of imide groups is 1. The van der Waals surface area contributed by atoms with Gasteiger partial charge in [-0.1, -0.05) is 51.8 Å². The van der Waals surface area contributed by atoms with E-state index in [0.29, 0.717) is 12.1 Å². The second-order valence-corrected chi connectivity index (χ2v) is 8.84. The molecule has 3 rings (SSSR count). The lowest BCUT2D eigenvalue weighted by Gasteiger charge is -2.36. The highest BCUT2D eigenvalue weighted by molar-refractivity contribution is 6.09. The van der Waals surface area contributed by atoms with Crippen molar-refractivity contribution < 1.29 is 23.9 Å². The molecular weight excluding hydrogens is 398 g/mol. The van der Waals surface area contributed by atoms with Crippen molar-refractivity contribution in [2.24, 2.45) is 5.92 Å². The molecule has 8 nitrogen and oxygen atoms in total. The van der Waals surface area contributed by atoms with E-state index in [1.54, 1.807) is 0 Å². The van der Waals surface area contributed by atoms with Crippen LogP contribution in [-0.4, -0.2) is 47.4 Å². The monoisotopic (exact) mass is 429 g/mol. The number of rotatable bonds is 6. The molecule has 31 heavy (non-hydrogen) atoms. The number of urea groups is 1. The fourth-order valence-corrected chi connectivity index (χ4v) is 4.48. The van der Waals surface area contributed by atoms with Gasteiger partial charge in [-0.15, -0.1) is 0 Å². The van der Waals surface area contributed by atoms with E-state index >= 15 is 0 Å². The van der Waals surface area contributed by atoms with Crippen LogP contribution < -0.4 is 10.6 Å². The molecule has 2 N–H and O–H groups in total. The van der Waals surface area contributed by atoms with Crippen LogP contribution in [0.5, 0.6) is 0 Å². The molecule has 1 heterocycles. The summed E-state index contributed by atoms with van der Waals surface area (Å²) in [6.45, 7) is 6.91. The Bertz CT molecular complexity index is 897. The lowest BCUT2D eigenvalue weighted by Crippen LogP contribution is -2.54. The van der Waals surface area contributed by atoms with E-state index in [9.17, 15) is 19.2 Å². The van der Waals surface area contributed by atoms with Crippen molar-refractivity contribution in [3.63, 3.8) is 0 Å². The number of hydrogen-bond donors (Lipinski definition) is 2. The van der Waals surface area contributed by atoms with Gasteiger partial charge in [0.05, 0.1) is 0 Å². The van der Waals surface area contributed by atoms with Gasteiger partial charge in [0.25, 0.3) is 11.8 Å². The molecule has 1 aliphatic carbocycles. The summed E-state index contributed by atoms with van der Waals surface area (Å²) < 4.78 is 5.05. The third kappa shape index (κ3) is 4.57. The molecule has 8 heteroatoms. The van der Waals surface area contributed by atoms with Gasteiger partial charge < -0.3 is 15.4 Å². The molecule has 1 saturated carbocycles. The summed E-state index contributed by atoms with van der Waals surface area (Å²) in [7, 11) is 0. The maximum Gasteiger partial charge on any atom is 0.326 e. The summed E-state index contributed by atoms with van der Waals surface area (Å²) in [6.07, 6.45) is 3.29. The van der Waals surface area contributed by atoms with Gasteiger partial charge in [-0.2, -0.15) is 0 Å². The number of nitrogens with zero attached hydrogens (tertiary/aromatic N) is 1. The summed E-state index contributed by atoms with van der Waals surface area (Å²) in [5, 5.41) is 5.60. The number of anilines is 1. The summed E-state index contributed by atoms with van der Waals surface area (Å²) in [4.78, 5) is 50.8. The Labute approximate surface area is 182 Å². The molecule has 1 saturated heterocycles. The third-order valence-corrected chi connectivity index (χ3v) is 6.34. The quantitative estimate of drug-likeness (QED) is 0.534. The highest BCUT2D eigenvalue weighted by Crippen LogP contribution is 2.38. The standard InChI is InChI=1S/C23H31N3O5/c1-14(2)17-10-7-8-15(3)20(17)24-18(27)13-31-19(28)12-26-21(29)23(25-22(26)30)11-6-5-9-16(23)4/h7-8,10,14,16H,5-6,9,11-13H2,1-4H3,(H,24,27)(H,25,30)/t16-,23+/m0/s1. The fourth-order valence-electron chi connectivity index (χ4n) is 4.48. The Morgan fingerprint density at radius 2 is 2.03 bits per heavy atom. The number of carbonyl (C=O) groups is 4. The Balaban J connectivity index is 1.57. The average molecular weight is 430 g/mol. The van der Waals surface area contributed by atoms with Gasteiger partial charge in [-0.25, -0.2) is 4.79 Å². The molecule has 0 bridgehead atoms. The van der Waals surface area contributed by atoms with Gasteiger partial charge in [0.15, 0.2) is 6.61 Å². The van der Waals surface area contributed by atoms with Crippen LogP contribution in [0.3, 0.4) is 0 Å². The van der Waals surface area contributed by atoms with Crippen LogP contribution in [0, 0.1) is 12.8 Å². The van der Waals surface area contributed by atoms with Gasteiger partial charge in [-0.3, -0.25) is 19.3 Å². The lowest BCUT2D eigenvalue weighted by molar-refractivity contribution is -0.150. The van der Waals surface area contributed by atoms with E-state index in [0.717, 1.165) is 35.3 Å². The lowest BCUT2D eigenvalue weighted by atomic mass is 9.73. The topological polar surface area (TPSA) is 105 Å². The van der Waals surface area contributed by atoms with Gasteiger partial charge >= 0.3 is 12.0 Å². The molecule has 1 aliphatic heterocycles. The maximum absolute atomic E-state index is 12.9. The van der Waals surface area contributed by atoms with Crippen molar-refractivity contribution >= 4 is 29.5 Å². The number of ether oxygens (including phenoxy) is 1. The molecule has 2 fully saturated rings. The number of nitrogens with one attached hydrogen (secondary N) is 2. The molecular formula is C23H31N3O5. The first kappa shape index (κ1) is 22.8. The smallest absolute Gasteiger partial charge is 0.326 e. The van der Waals surface area contributed by atoms with E-state index in [4.69, 9.17) is 4.74 Å². The molecule has 4 amide bonds. The summed E-state index contributed by atoms with van der Waals surface area (Å²) in [5.74, 6) is -1.43. The number of para-hydroxylation sites is 1. The van der Waals surface area contributed by atoms with Crippen molar-refractivity contribution in [3.8, 4) is 0 Å². The van der Waals surface area contributed by atoms with Crippen LogP contribution in [0.15, 0.2) is 18.2 Å². The number of carbonyl (C=O) groups excluding carboxylic acids is 4. The molecule has 1 aromatic rings. The average Bonchev–Trinajstić information content (AvgIpc) is 2.95. The van der Waals surface area contributed by atoms with Crippen LogP contribution in [0.25, 0.3) is 0 Å². The summed E-state index contributed by atoms with van der Waals surface area (Å²) >= 11 is 0. The van der Waals surface area contributed by atoms with Crippen molar-refractivity contribution in [1.82, 2.24) is 10.2 Å². The van der Waals surface area contributed by atoms with E-state index in [-0.39, 0.29) is 17.7 Å². The second-order valence-electron chi connectivity index (χ2n) is 8.84.